The lowest BCUT2D eigenvalue weighted by Crippen LogP contribution is -2.10. The number of halogens is 1. The standard InChI is InChI=1S/C8H7BrO2/c9-7-1-2-8-6(5-7)3-4-10-11-8/h1-2,5H,3-4H2. The van der Waals surface area contributed by atoms with Crippen LogP contribution in [-0.2, 0) is 11.3 Å². The maximum Gasteiger partial charge on any atom is 0.168 e. The van der Waals surface area contributed by atoms with Crippen LogP contribution in [0.4, 0.5) is 0 Å². The zero-order chi connectivity index (χ0) is 7.68. The van der Waals surface area contributed by atoms with Crippen LogP contribution in [-0.4, -0.2) is 6.61 Å². The van der Waals surface area contributed by atoms with Gasteiger partial charge in [-0.05, 0) is 18.2 Å². The molecule has 1 aliphatic rings. The fourth-order valence-corrected chi connectivity index (χ4v) is 1.49. The molecule has 0 fully saturated rings. The van der Waals surface area contributed by atoms with Crippen molar-refractivity contribution < 1.29 is 9.78 Å². The van der Waals surface area contributed by atoms with Gasteiger partial charge >= 0.3 is 0 Å². The molecule has 0 saturated carbocycles. The summed E-state index contributed by atoms with van der Waals surface area (Å²) >= 11 is 3.39. The third-order valence-electron chi connectivity index (χ3n) is 1.63. The minimum Gasteiger partial charge on any atom is -0.337 e. The lowest BCUT2D eigenvalue weighted by molar-refractivity contribution is -0.215. The van der Waals surface area contributed by atoms with Gasteiger partial charge < -0.3 is 4.89 Å². The van der Waals surface area contributed by atoms with Crippen molar-refractivity contribution in [1.29, 1.82) is 0 Å². The quantitative estimate of drug-likeness (QED) is 0.618. The van der Waals surface area contributed by atoms with Crippen molar-refractivity contribution in [2.45, 2.75) is 6.42 Å². The van der Waals surface area contributed by atoms with E-state index in [1.807, 2.05) is 12.1 Å². The second kappa shape index (κ2) is 2.83. The highest BCUT2D eigenvalue weighted by Gasteiger charge is 2.10. The van der Waals surface area contributed by atoms with Gasteiger partial charge in [-0.25, -0.2) is 0 Å². The minimum atomic E-state index is 0.642. The molecule has 1 aromatic carbocycles. The molecule has 0 aliphatic carbocycles. The summed E-state index contributed by atoms with van der Waals surface area (Å²) in [4.78, 5) is 9.78. The summed E-state index contributed by atoms with van der Waals surface area (Å²) in [6.07, 6.45) is 0.925. The molecular formula is C8H7BrO2. The van der Waals surface area contributed by atoms with E-state index >= 15 is 0 Å². The van der Waals surface area contributed by atoms with Crippen LogP contribution in [0, 0.1) is 0 Å². The predicted molar refractivity (Wildman–Crippen MR) is 44.4 cm³/mol. The van der Waals surface area contributed by atoms with Gasteiger partial charge in [0, 0.05) is 16.5 Å². The summed E-state index contributed by atoms with van der Waals surface area (Å²) in [6, 6.07) is 5.89. The van der Waals surface area contributed by atoms with Crippen LogP contribution < -0.4 is 4.89 Å². The summed E-state index contributed by atoms with van der Waals surface area (Å²) in [5.41, 5.74) is 1.20. The summed E-state index contributed by atoms with van der Waals surface area (Å²) < 4.78 is 1.08. The van der Waals surface area contributed by atoms with E-state index in [-0.39, 0.29) is 0 Å². The van der Waals surface area contributed by atoms with E-state index in [1.165, 1.54) is 5.56 Å². The normalized spacial score (nSPS) is 15.4. The van der Waals surface area contributed by atoms with E-state index < -0.39 is 0 Å². The van der Waals surface area contributed by atoms with Crippen LogP contribution >= 0.6 is 15.9 Å². The first-order valence-electron chi connectivity index (χ1n) is 3.44. The summed E-state index contributed by atoms with van der Waals surface area (Å²) in [6.45, 7) is 0.642. The summed E-state index contributed by atoms with van der Waals surface area (Å²) in [7, 11) is 0. The molecule has 3 heteroatoms. The third kappa shape index (κ3) is 1.39. The number of fused-ring (bicyclic) bond motifs is 1. The molecule has 1 heterocycles. The Balaban J connectivity index is 2.43. The van der Waals surface area contributed by atoms with Crippen LogP contribution in [0.5, 0.6) is 5.75 Å². The van der Waals surface area contributed by atoms with Crippen LogP contribution in [0.25, 0.3) is 0 Å². The van der Waals surface area contributed by atoms with Gasteiger partial charge in [0.2, 0.25) is 0 Å². The zero-order valence-corrected chi connectivity index (χ0v) is 7.43. The van der Waals surface area contributed by atoms with Gasteiger partial charge in [-0.15, -0.1) is 0 Å². The van der Waals surface area contributed by atoms with Gasteiger partial charge in [0.25, 0.3) is 0 Å². The molecule has 0 radical (unpaired) electrons. The molecule has 0 atom stereocenters. The van der Waals surface area contributed by atoms with E-state index in [2.05, 4.69) is 22.0 Å². The van der Waals surface area contributed by atoms with E-state index in [0.29, 0.717) is 6.61 Å². The molecule has 0 spiro atoms. The molecule has 0 N–H and O–H groups in total. The maximum absolute atomic E-state index is 4.96. The van der Waals surface area contributed by atoms with Crippen LogP contribution in [0.3, 0.4) is 0 Å². The topological polar surface area (TPSA) is 18.5 Å². The molecule has 2 nitrogen and oxygen atoms in total. The number of hydrogen-bond donors (Lipinski definition) is 0. The predicted octanol–water partition coefficient (Wildman–Crippen LogP) is 2.32. The van der Waals surface area contributed by atoms with Gasteiger partial charge in [0.05, 0.1) is 6.61 Å². The maximum atomic E-state index is 4.96. The summed E-state index contributed by atoms with van der Waals surface area (Å²) in [5, 5.41) is 0. The second-order valence-corrected chi connectivity index (χ2v) is 3.32. The van der Waals surface area contributed by atoms with E-state index in [4.69, 9.17) is 9.78 Å². The summed E-state index contributed by atoms with van der Waals surface area (Å²) in [5.74, 6) is 0.833. The largest absolute Gasteiger partial charge is 0.337 e. The van der Waals surface area contributed by atoms with Gasteiger partial charge in [0.1, 0.15) is 0 Å². The molecule has 0 unspecified atom stereocenters. The SMILES string of the molecule is Brc1ccc2c(c1)CCOO2. The fraction of sp³-hybridized carbons (Fsp3) is 0.250. The lowest BCUT2D eigenvalue weighted by atomic mass is 10.1. The first-order chi connectivity index (χ1) is 5.36. The Labute approximate surface area is 73.2 Å². The number of benzene rings is 1. The minimum absolute atomic E-state index is 0.642. The molecule has 0 amide bonds. The molecule has 0 aromatic heterocycles. The molecule has 11 heavy (non-hydrogen) atoms. The monoisotopic (exact) mass is 214 g/mol. The van der Waals surface area contributed by atoms with Crippen molar-refractivity contribution in [3.05, 3.63) is 28.2 Å². The van der Waals surface area contributed by atoms with E-state index in [1.54, 1.807) is 0 Å². The van der Waals surface area contributed by atoms with Crippen molar-refractivity contribution in [3.63, 3.8) is 0 Å². The third-order valence-corrected chi connectivity index (χ3v) is 2.12. The van der Waals surface area contributed by atoms with Gasteiger partial charge in [-0.2, -0.15) is 4.89 Å². The van der Waals surface area contributed by atoms with E-state index in [0.717, 1.165) is 16.6 Å². The van der Waals surface area contributed by atoms with Crippen molar-refractivity contribution in [1.82, 2.24) is 0 Å². The Morgan fingerprint density at radius 3 is 3.18 bits per heavy atom. The fourth-order valence-electron chi connectivity index (χ4n) is 1.08. The molecule has 0 bridgehead atoms. The average molecular weight is 215 g/mol. The van der Waals surface area contributed by atoms with Crippen LogP contribution in [0.2, 0.25) is 0 Å². The Bertz CT molecular complexity index is 273. The molecular weight excluding hydrogens is 208 g/mol. The first kappa shape index (κ1) is 7.13. The number of rotatable bonds is 0. The molecule has 2 rings (SSSR count). The molecule has 0 saturated heterocycles. The smallest absolute Gasteiger partial charge is 0.168 e. The van der Waals surface area contributed by atoms with Crippen molar-refractivity contribution in [3.8, 4) is 5.75 Å². The highest BCUT2D eigenvalue weighted by molar-refractivity contribution is 9.10. The Kier molecular flexibility index (Phi) is 1.84. The van der Waals surface area contributed by atoms with Gasteiger partial charge in [-0.3, -0.25) is 0 Å². The van der Waals surface area contributed by atoms with E-state index in [9.17, 15) is 0 Å². The molecule has 1 aromatic rings. The highest BCUT2D eigenvalue weighted by Crippen LogP contribution is 2.26. The van der Waals surface area contributed by atoms with Crippen LogP contribution in [0.15, 0.2) is 22.7 Å². The van der Waals surface area contributed by atoms with Crippen LogP contribution in [0.1, 0.15) is 5.56 Å². The Hall–Kier alpha value is -0.540. The van der Waals surface area contributed by atoms with Gasteiger partial charge in [0.15, 0.2) is 5.75 Å². The lowest BCUT2D eigenvalue weighted by Gasteiger charge is -2.14. The zero-order valence-electron chi connectivity index (χ0n) is 5.84. The van der Waals surface area contributed by atoms with Gasteiger partial charge in [-0.1, -0.05) is 15.9 Å². The average Bonchev–Trinajstić information content (AvgIpc) is 2.04. The second-order valence-electron chi connectivity index (χ2n) is 2.41. The van der Waals surface area contributed by atoms with Crippen molar-refractivity contribution in [2.24, 2.45) is 0 Å². The first-order valence-corrected chi connectivity index (χ1v) is 4.23. The van der Waals surface area contributed by atoms with Crippen molar-refractivity contribution >= 4 is 15.9 Å². The number of hydrogen-bond acceptors (Lipinski definition) is 2. The van der Waals surface area contributed by atoms with Crippen molar-refractivity contribution in [2.75, 3.05) is 6.61 Å². The molecule has 1 aliphatic heterocycles. The Morgan fingerprint density at radius 1 is 1.36 bits per heavy atom. The molecule has 58 valence electrons. The Morgan fingerprint density at radius 2 is 2.27 bits per heavy atom. The highest BCUT2D eigenvalue weighted by atomic mass is 79.9.